The summed E-state index contributed by atoms with van der Waals surface area (Å²) in [5.41, 5.74) is 2.46. The van der Waals surface area contributed by atoms with E-state index in [9.17, 15) is 10.1 Å². The fourth-order valence-electron chi connectivity index (χ4n) is 1.87. The lowest BCUT2D eigenvalue weighted by molar-refractivity contribution is -0.384. The van der Waals surface area contributed by atoms with E-state index < -0.39 is 0 Å². The maximum atomic E-state index is 10.6. The summed E-state index contributed by atoms with van der Waals surface area (Å²) in [5, 5.41) is 13.8. The van der Waals surface area contributed by atoms with Crippen LogP contribution in [-0.2, 0) is 6.54 Å². The molecule has 1 atom stereocenters. The Balaban J connectivity index is 2.44. The quantitative estimate of drug-likeness (QED) is 0.545. The minimum absolute atomic E-state index is 0.180. The van der Waals surface area contributed by atoms with Crippen LogP contribution in [0.2, 0.25) is 0 Å². The third-order valence-corrected chi connectivity index (χ3v) is 2.63. The van der Waals surface area contributed by atoms with Crippen molar-refractivity contribution in [1.82, 2.24) is 5.32 Å². The van der Waals surface area contributed by atoms with Crippen molar-refractivity contribution < 1.29 is 4.92 Å². The standard InChI is InChI=1S/C10H12N2O2/c1-7-5-11-6-8-4-9(12(13)14)2-3-10(7)8/h2-4,7,11H,5-6H2,1H3/t7-/m0/s1. The van der Waals surface area contributed by atoms with Crippen LogP contribution in [-0.4, -0.2) is 11.5 Å². The van der Waals surface area contributed by atoms with Crippen LogP contribution in [0.25, 0.3) is 0 Å². The molecule has 0 aliphatic carbocycles. The Morgan fingerprint density at radius 3 is 3.07 bits per heavy atom. The van der Waals surface area contributed by atoms with Crippen LogP contribution in [0.5, 0.6) is 0 Å². The highest BCUT2D eigenvalue weighted by atomic mass is 16.6. The Hall–Kier alpha value is -1.42. The summed E-state index contributed by atoms with van der Waals surface area (Å²) in [7, 11) is 0. The molecule has 1 N–H and O–H groups in total. The summed E-state index contributed by atoms with van der Waals surface area (Å²) in [6.45, 7) is 3.81. The molecule has 0 saturated carbocycles. The highest BCUT2D eigenvalue weighted by Gasteiger charge is 2.18. The predicted molar refractivity (Wildman–Crippen MR) is 53.2 cm³/mol. The molecule has 14 heavy (non-hydrogen) atoms. The van der Waals surface area contributed by atoms with Gasteiger partial charge in [0.2, 0.25) is 0 Å². The Morgan fingerprint density at radius 1 is 1.57 bits per heavy atom. The molecule has 2 rings (SSSR count). The van der Waals surface area contributed by atoms with Crippen LogP contribution >= 0.6 is 0 Å². The minimum atomic E-state index is -0.348. The van der Waals surface area contributed by atoms with E-state index in [1.165, 1.54) is 5.56 Å². The number of fused-ring (bicyclic) bond motifs is 1. The highest BCUT2D eigenvalue weighted by Crippen LogP contribution is 2.26. The van der Waals surface area contributed by atoms with Crippen LogP contribution in [0, 0.1) is 10.1 Å². The largest absolute Gasteiger partial charge is 0.312 e. The van der Waals surface area contributed by atoms with Crippen molar-refractivity contribution in [1.29, 1.82) is 0 Å². The molecule has 4 heteroatoms. The lowest BCUT2D eigenvalue weighted by Gasteiger charge is -2.22. The van der Waals surface area contributed by atoms with Gasteiger partial charge in [-0.2, -0.15) is 0 Å². The van der Waals surface area contributed by atoms with Crippen molar-refractivity contribution in [2.24, 2.45) is 0 Å². The second-order valence-electron chi connectivity index (χ2n) is 3.67. The molecule has 1 aliphatic heterocycles. The molecule has 1 aromatic rings. The maximum Gasteiger partial charge on any atom is 0.269 e. The van der Waals surface area contributed by atoms with E-state index in [0.717, 1.165) is 18.7 Å². The molecule has 1 aliphatic rings. The number of hydrogen-bond acceptors (Lipinski definition) is 3. The van der Waals surface area contributed by atoms with Crippen LogP contribution in [0.1, 0.15) is 24.0 Å². The highest BCUT2D eigenvalue weighted by molar-refractivity contribution is 5.42. The van der Waals surface area contributed by atoms with Crippen LogP contribution in [0.4, 0.5) is 5.69 Å². The molecule has 74 valence electrons. The van der Waals surface area contributed by atoms with E-state index in [1.54, 1.807) is 12.1 Å². The van der Waals surface area contributed by atoms with Gasteiger partial charge < -0.3 is 5.32 Å². The van der Waals surface area contributed by atoms with Crippen LogP contribution in [0.15, 0.2) is 18.2 Å². The molecule has 1 aromatic carbocycles. The Labute approximate surface area is 82.1 Å². The summed E-state index contributed by atoms with van der Waals surface area (Å²) in [6.07, 6.45) is 0. The fourth-order valence-corrected chi connectivity index (χ4v) is 1.87. The fraction of sp³-hybridized carbons (Fsp3) is 0.400. The minimum Gasteiger partial charge on any atom is -0.312 e. The number of benzene rings is 1. The van der Waals surface area contributed by atoms with Gasteiger partial charge in [-0.1, -0.05) is 13.0 Å². The van der Waals surface area contributed by atoms with Crippen molar-refractivity contribution in [3.05, 3.63) is 39.4 Å². The molecular weight excluding hydrogens is 180 g/mol. The van der Waals surface area contributed by atoms with E-state index >= 15 is 0 Å². The van der Waals surface area contributed by atoms with Crippen molar-refractivity contribution >= 4 is 5.69 Å². The molecule has 0 spiro atoms. The lowest BCUT2D eigenvalue weighted by Crippen LogP contribution is -2.26. The molecule has 1 heterocycles. The Kier molecular flexibility index (Phi) is 2.21. The van der Waals surface area contributed by atoms with Crippen molar-refractivity contribution in [3.63, 3.8) is 0 Å². The number of nitrogens with zero attached hydrogens (tertiary/aromatic N) is 1. The van der Waals surface area contributed by atoms with Gasteiger partial charge in [-0.25, -0.2) is 0 Å². The average Bonchev–Trinajstić information content (AvgIpc) is 2.17. The van der Waals surface area contributed by atoms with Gasteiger partial charge in [-0.3, -0.25) is 10.1 Å². The second-order valence-corrected chi connectivity index (χ2v) is 3.67. The number of nitrogens with one attached hydrogen (secondary N) is 1. The first kappa shape index (κ1) is 9.15. The van der Waals surface area contributed by atoms with Gasteiger partial charge in [-0.05, 0) is 17.0 Å². The van der Waals surface area contributed by atoms with Gasteiger partial charge in [-0.15, -0.1) is 0 Å². The molecule has 0 unspecified atom stereocenters. The zero-order valence-corrected chi connectivity index (χ0v) is 7.99. The van der Waals surface area contributed by atoms with E-state index in [4.69, 9.17) is 0 Å². The summed E-state index contributed by atoms with van der Waals surface area (Å²) in [5.74, 6) is 0.444. The zero-order valence-electron chi connectivity index (χ0n) is 7.99. The molecule has 0 radical (unpaired) electrons. The lowest BCUT2D eigenvalue weighted by atomic mass is 9.92. The van der Waals surface area contributed by atoms with Crippen molar-refractivity contribution in [2.75, 3.05) is 6.54 Å². The van der Waals surface area contributed by atoms with Gasteiger partial charge in [0.1, 0.15) is 0 Å². The van der Waals surface area contributed by atoms with E-state index in [2.05, 4.69) is 12.2 Å². The number of rotatable bonds is 1. The number of non-ortho nitro benzene ring substituents is 1. The number of nitro benzene ring substituents is 1. The van der Waals surface area contributed by atoms with Gasteiger partial charge in [0, 0.05) is 25.2 Å². The van der Waals surface area contributed by atoms with Crippen molar-refractivity contribution in [2.45, 2.75) is 19.4 Å². The smallest absolute Gasteiger partial charge is 0.269 e. The zero-order chi connectivity index (χ0) is 10.1. The van der Waals surface area contributed by atoms with Crippen LogP contribution < -0.4 is 5.32 Å². The maximum absolute atomic E-state index is 10.6. The third-order valence-electron chi connectivity index (χ3n) is 2.63. The SMILES string of the molecule is C[C@H]1CNCc2cc([N+](=O)[O-])ccc21. The molecule has 0 fully saturated rings. The van der Waals surface area contributed by atoms with Crippen molar-refractivity contribution in [3.8, 4) is 0 Å². The monoisotopic (exact) mass is 192 g/mol. The number of nitro groups is 1. The molecule has 0 saturated heterocycles. The van der Waals surface area contributed by atoms with E-state index in [0.29, 0.717) is 5.92 Å². The van der Waals surface area contributed by atoms with E-state index in [-0.39, 0.29) is 10.6 Å². The summed E-state index contributed by atoms with van der Waals surface area (Å²) >= 11 is 0. The van der Waals surface area contributed by atoms with E-state index in [1.807, 2.05) is 6.07 Å². The first-order valence-corrected chi connectivity index (χ1v) is 4.66. The number of hydrogen-bond donors (Lipinski definition) is 1. The first-order chi connectivity index (χ1) is 6.68. The van der Waals surface area contributed by atoms with Crippen LogP contribution in [0.3, 0.4) is 0 Å². The third kappa shape index (κ3) is 1.48. The Bertz CT molecular complexity index is 376. The normalized spacial score (nSPS) is 20.2. The predicted octanol–water partition coefficient (Wildman–Crippen LogP) is 1.80. The summed E-state index contributed by atoms with van der Waals surface area (Å²) < 4.78 is 0. The summed E-state index contributed by atoms with van der Waals surface area (Å²) in [4.78, 5) is 10.2. The second kappa shape index (κ2) is 3.38. The van der Waals surface area contributed by atoms with Gasteiger partial charge in [0.05, 0.1) is 4.92 Å². The Morgan fingerprint density at radius 2 is 2.36 bits per heavy atom. The summed E-state index contributed by atoms with van der Waals surface area (Å²) in [6, 6.07) is 5.12. The van der Waals surface area contributed by atoms with Gasteiger partial charge in [0.15, 0.2) is 0 Å². The first-order valence-electron chi connectivity index (χ1n) is 4.66. The molecule has 0 bridgehead atoms. The molecular formula is C10H12N2O2. The molecule has 0 amide bonds. The molecule has 4 nitrogen and oxygen atoms in total. The van der Waals surface area contributed by atoms with Gasteiger partial charge in [0.25, 0.3) is 5.69 Å². The van der Waals surface area contributed by atoms with Gasteiger partial charge >= 0.3 is 0 Å². The molecule has 0 aromatic heterocycles. The average molecular weight is 192 g/mol. The topological polar surface area (TPSA) is 55.2 Å².